The van der Waals surface area contributed by atoms with Crippen LogP contribution in [0.25, 0.3) is 0 Å². The van der Waals surface area contributed by atoms with Crippen molar-refractivity contribution in [3.05, 3.63) is 35.6 Å². The summed E-state index contributed by atoms with van der Waals surface area (Å²) < 4.78 is 18.2. The fourth-order valence-electron chi connectivity index (χ4n) is 1.38. The number of carbonyl (C=O) groups is 1. The molecule has 3 nitrogen and oxygen atoms in total. The van der Waals surface area contributed by atoms with Crippen LogP contribution in [0.5, 0.6) is 0 Å². The first kappa shape index (κ1) is 9.15. The van der Waals surface area contributed by atoms with Gasteiger partial charge in [-0.2, -0.15) is 0 Å². The highest BCUT2D eigenvalue weighted by Gasteiger charge is 2.21. The molecule has 1 aliphatic rings. The van der Waals surface area contributed by atoms with Crippen LogP contribution in [0.4, 0.5) is 4.39 Å². The van der Waals surface area contributed by atoms with Crippen molar-refractivity contribution in [3.63, 3.8) is 0 Å². The molecule has 1 saturated heterocycles. The SMILES string of the molecule is O=C(c1ccccc1F)N1CCOC1. The Morgan fingerprint density at radius 1 is 1.43 bits per heavy atom. The second-order valence-electron chi connectivity index (χ2n) is 3.09. The van der Waals surface area contributed by atoms with Crippen molar-refractivity contribution in [2.75, 3.05) is 19.9 Å². The van der Waals surface area contributed by atoms with E-state index < -0.39 is 5.82 Å². The number of hydrogen-bond acceptors (Lipinski definition) is 2. The Morgan fingerprint density at radius 2 is 2.21 bits per heavy atom. The van der Waals surface area contributed by atoms with Gasteiger partial charge in [0.05, 0.1) is 12.2 Å². The van der Waals surface area contributed by atoms with Gasteiger partial charge in [0.2, 0.25) is 0 Å². The molecule has 74 valence electrons. The average molecular weight is 195 g/mol. The van der Waals surface area contributed by atoms with Gasteiger partial charge in [0.1, 0.15) is 12.5 Å². The lowest BCUT2D eigenvalue weighted by Gasteiger charge is -2.13. The van der Waals surface area contributed by atoms with Gasteiger partial charge in [-0.1, -0.05) is 12.1 Å². The van der Waals surface area contributed by atoms with E-state index in [1.165, 1.54) is 17.0 Å². The molecule has 0 radical (unpaired) electrons. The maximum absolute atomic E-state index is 13.2. The lowest BCUT2D eigenvalue weighted by molar-refractivity contribution is 0.0690. The Labute approximate surface area is 81.1 Å². The first-order valence-corrected chi connectivity index (χ1v) is 4.40. The Bertz CT molecular complexity index is 348. The van der Waals surface area contributed by atoms with E-state index in [0.717, 1.165) is 0 Å². The maximum atomic E-state index is 13.2. The molecule has 4 heteroatoms. The lowest BCUT2D eigenvalue weighted by atomic mass is 10.2. The summed E-state index contributed by atoms with van der Waals surface area (Å²) in [7, 11) is 0. The number of carbonyl (C=O) groups excluding carboxylic acids is 1. The molecular formula is C10H10FNO2. The van der Waals surface area contributed by atoms with Crippen molar-refractivity contribution < 1.29 is 13.9 Å². The highest BCUT2D eigenvalue weighted by atomic mass is 19.1. The predicted octanol–water partition coefficient (Wildman–Crippen LogP) is 1.26. The number of nitrogens with zero attached hydrogens (tertiary/aromatic N) is 1. The molecular weight excluding hydrogens is 185 g/mol. The average Bonchev–Trinajstić information content (AvgIpc) is 2.70. The molecule has 1 aromatic carbocycles. The molecule has 0 aliphatic carbocycles. The summed E-state index contributed by atoms with van der Waals surface area (Å²) in [5, 5.41) is 0. The number of ether oxygens (including phenoxy) is 1. The highest BCUT2D eigenvalue weighted by Crippen LogP contribution is 2.11. The minimum Gasteiger partial charge on any atom is -0.359 e. The molecule has 0 atom stereocenters. The minimum atomic E-state index is -0.482. The molecule has 14 heavy (non-hydrogen) atoms. The predicted molar refractivity (Wildman–Crippen MR) is 48.3 cm³/mol. The van der Waals surface area contributed by atoms with Crippen LogP contribution in [0.15, 0.2) is 24.3 Å². The summed E-state index contributed by atoms with van der Waals surface area (Å²) in [4.78, 5) is 13.2. The molecule has 0 saturated carbocycles. The summed E-state index contributed by atoms with van der Waals surface area (Å²) in [6.07, 6.45) is 0. The summed E-state index contributed by atoms with van der Waals surface area (Å²) >= 11 is 0. The molecule has 0 unspecified atom stereocenters. The van der Waals surface area contributed by atoms with Gasteiger partial charge in [0.25, 0.3) is 5.91 Å². The van der Waals surface area contributed by atoms with E-state index in [9.17, 15) is 9.18 Å². The van der Waals surface area contributed by atoms with E-state index in [4.69, 9.17) is 4.74 Å². The molecule has 0 bridgehead atoms. The van der Waals surface area contributed by atoms with Crippen molar-refractivity contribution in [1.29, 1.82) is 0 Å². The number of benzene rings is 1. The van der Waals surface area contributed by atoms with Gasteiger partial charge in [-0.05, 0) is 12.1 Å². The standard InChI is InChI=1S/C10H10FNO2/c11-9-4-2-1-3-8(9)10(13)12-5-6-14-7-12/h1-4H,5-7H2. The second kappa shape index (κ2) is 3.75. The van der Waals surface area contributed by atoms with E-state index in [1.807, 2.05) is 0 Å². The molecule has 0 N–H and O–H groups in total. The van der Waals surface area contributed by atoms with Crippen molar-refractivity contribution in [2.24, 2.45) is 0 Å². The first-order chi connectivity index (χ1) is 6.79. The van der Waals surface area contributed by atoms with Crippen LogP contribution in [0.1, 0.15) is 10.4 Å². The van der Waals surface area contributed by atoms with Crippen LogP contribution in [0.2, 0.25) is 0 Å². The van der Waals surface area contributed by atoms with E-state index in [2.05, 4.69) is 0 Å². The Morgan fingerprint density at radius 3 is 2.86 bits per heavy atom. The van der Waals surface area contributed by atoms with Crippen LogP contribution < -0.4 is 0 Å². The zero-order chi connectivity index (χ0) is 9.97. The molecule has 1 heterocycles. The van der Waals surface area contributed by atoms with Gasteiger partial charge in [0.15, 0.2) is 0 Å². The largest absolute Gasteiger partial charge is 0.359 e. The van der Waals surface area contributed by atoms with Gasteiger partial charge >= 0.3 is 0 Å². The number of hydrogen-bond donors (Lipinski definition) is 0. The van der Waals surface area contributed by atoms with Crippen LogP contribution in [0.3, 0.4) is 0 Å². The van der Waals surface area contributed by atoms with Crippen LogP contribution in [-0.4, -0.2) is 30.7 Å². The molecule has 1 fully saturated rings. The fourth-order valence-corrected chi connectivity index (χ4v) is 1.38. The number of rotatable bonds is 1. The lowest BCUT2D eigenvalue weighted by Crippen LogP contribution is -2.28. The Kier molecular flexibility index (Phi) is 2.45. The maximum Gasteiger partial charge on any atom is 0.258 e. The van der Waals surface area contributed by atoms with E-state index in [0.29, 0.717) is 13.2 Å². The van der Waals surface area contributed by atoms with Crippen LogP contribution >= 0.6 is 0 Å². The topological polar surface area (TPSA) is 29.5 Å². The van der Waals surface area contributed by atoms with Gasteiger partial charge in [0, 0.05) is 6.54 Å². The summed E-state index contributed by atoms with van der Waals surface area (Å²) in [6.45, 7) is 1.32. The van der Waals surface area contributed by atoms with Crippen LogP contribution in [-0.2, 0) is 4.74 Å². The van der Waals surface area contributed by atoms with E-state index >= 15 is 0 Å². The Hall–Kier alpha value is -1.42. The summed E-state index contributed by atoms with van der Waals surface area (Å²) in [5.41, 5.74) is 0.109. The van der Waals surface area contributed by atoms with Crippen LogP contribution in [0, 0.1) is 5.82 Å². The van der Waals surface area contributed by atoms with Gasteiger partial charge in [-0.15, -0.1) is 0 Å². The van der Waals surface area contributed by atoms with Gasteiger partial charge in [-0.3, -0.25) is 4.79 Å². The summed E-state index contributed by atoms with van der Waals surface area (Å²) in [6, 6.07) is 5.97. The Balaban J connectivity index is 2.22. The minimum absolute atomic E-state index is 0.109. The molecule has 1 aliphatic heterocycles. The first-order valence-electron chi connectivity index (χ1n) is 4.40. The monoisotopic (exact) mass is 195 g/mol. The normalized spacial score (nSPS) is 15.9. The third kappa shape index (κ3) is 1.61. The molecule has 0 aromatic heterocycles. The van der Waals surface area contributed by atoms with Crippen molar-refractivity contribution in [2.45, 2.75) is 0 Å². The molecule has 1 aromatic rings. The van der Waals surface area contributed by atoms with Gasteiger partial charge < -0.3 is 9.64 Å². The smallest absolute Gasteiger partial charge is 0.258 e. The highest BCUT2D eigenvalue weighted by molar-refractivity contribution is 5.94. The van der Waals surface area contributed by atoms with Crippen molar-refractivity contribution in [1.82, 2.24) is 4.90 Å². The molecule has 2 rings (SSSR count). The number of amides is 1. The zero-order valence-electron chi connectivity index (χ0n) is 7.57. The molecule has 1 amide bonds. The quantitative estimate of drug-likeness (QED) is 0.675. The van der Waals surface area contributed by atoms with E-state index in [-0.39, 0.29) is 18.2 Å². The van der Waals surface area contributed by atoms with Gasteiger partial charge in [-0.25, -0.2) is 4.39 Å². The van der Waals surface area contributed by atoms with Crippen molar-refractivity contribution in [3.8, 4) is 0 Å². The second-order valence-corrected chi connectivity index (χ2v) is 3.09. The summed E-state index contributed by atoms with van der Waals surface area (Å²) in [5.74, 6) is -0.787. The zero-order valence-corrected chi connectivity index (χ0v) is 7.57. The van der Waals surface area contributed by atoms with E-state index in [1.54, 1.807) is 12.1 Å². The molecule has 0 spiro atoms. The number of halogens is 1. The van der Waals surface area contributed by atoms with Crippen molar-refractivity contribution >= 4 is 5.91 Å². The third-order valence-corrected chi connectivity index (χ3v) is 2.14. The third-order valence-electron chi connectivity index (χ3n) is 2.14. The fraction of sp³-hybridized carbons (Fsp3) is 0.300.